The number of anilines is 1. The summed E-state index contributed by atoms with van der Waals surface area (Å²) < 4.78 is 0. The van der Waals surface area contributed by atoms with Crippen LogP contribution < -0.4 is 5.32 Å². The van der Waals surface area contributed by atoms with Gasteiger partial charge in [-0.2, -0.15) is 0 Å². The number of amides is 1. The molecule has 0 fully saturated rings. The topological polar surface area (TPSA) is 92.2 Å². The lowest BCUT2D eigenvalue weighted by Gasteiger charge is -2.20. The number of aromatic carboxylic acids is 1. The normalized spacial score (nSPS) is 21.6. The fraction of sp³-hybridized carbons (Fsp3) is 0.200. The maximum Gasteiger partial charge on any atom is 0.335 e. The van der Waals surface area contributed by atoms with Crippen LogP contribution in [-0.4, -0.2) is 27.0 Å². The molecule has 0 unspecified atom stereocenters. The summed E-state index contributed by atoms with van der Waals surface area (Å²) in [6.07, 6.45) is 2.18. The second-order valence-corrected chi connectivity index (χ2v) is 5.92. The van der Waals surface area contributed by atoms with Crippen LogP contribution in [0.3, 0.4) is 0 Å². The van der Waals surface area contributed by atoms with Gasteiger partial charge in [0.1, 0.15) is 17.3 Å². The zero-order valence-electron chi connectivity index (χ0n) is 11.3. The van der Waals surface area contributed by atoms with Crippen LogP contribution in [0, 0.1) is 0 Å². The maximum absolute atomic E-state index is 12.5. The van der Waals surface area contributed by atoms with Gasteiger partial charge in [0.15, 0.2) is 0 Å². The van der Waals surface area contributed by atoms with Crippen molar-refractivity contribution in [1.29, 1.82) is 0 Å². The summed E-state index contributed by atoms with van der Waals surface area (Å²) in [4.78, 5) is 31.7. The number of hydrogen-bond acceptors (Lipinski definition) is 4. The molecule has 0 saturated heterocycles. The van der Waals surface area contributed by atoms with Gasteiger partial charge in [0.05, 0.1) is 11.0 Å². The number of carbonyl (C=O) groups excluding carboxylic acids is 1. The summed E-state index contributed by atoms with van der Waals surface area (Å²) in [7, 11) is 0. The second kappa shape index (κ2) is 4.27. The molecule has 1 aromatic heterocycles. The largest absolute Gasteiger partial charge is 0.478 e. The fourth-order valence-electron chi connectivity index (χ4n) is 3.37. The number of fused-ring (bicyclic) bond motifs is 3. The van der Waals surface area contributed by atoms with Gasteiger partial charge in [-0.3, -0.25) is 4.79 Å². The third-order valence-electron chi connectivity index (χ3n) is 4.38. The molecule has 110 valence electrons. The number of rotatable bonds is 1. The zero-order chi connectivity index (χ0) is 15.5. The molecule has 1 atom stereocenters. The van der Waals surface area contributed by atoms with Crippen LogP contribution in [0.2, 0.25) is 5.15 Å². The van der Waals surface area contributed by atoms with E-state index in [2.05, 4.69) is 15.3 Å². The molecule has 6 nitrogen and oxygen atoms in total. The number of halogens is 1. The van der Waals surface area contributed by atoms with Crippen LogP contribution >= 0.6 is 11.6 Å². The minimum atomic E-state index is -0.985. The van der Waals surface area contributed by atoms with E-state index in [4.69, 9.17) is 16.7 Å². The lowest BCUT2D eigenvalue weighted by atomic mass is 9.80. The Morgan fingerprint density at radius 3 is 2.82 bits per heavy atom. The van der Waals surface area contributed by atoms with E-state index in [0.29, 0.717) is 24.2 Å². The Bertz CT molecular complexity index is 852. The molecule has 7 heteroatoms. The van der Waals surface area contributed by atoms with E-state index in [1.165, 1.54) is 6.33 Å². The van der Waals surface area contributed by atoms with Crippen molar-refractivity contribution >= 4 is 29.3 Å². The molecule has 1 amide bonds. The molecule has 2 heterocycles. The summed E-state index contributed by atoms with van der Waals surface area (Å²) in [6.45, 7) is 0. The number of carboxylic acids is 1. The van der Waals surface area contributed by atoms with Crippen LogP contribution in [0.4, 0.5) is 5.82 Å². The van der Waals surface area contributed by atoms with E-state index in [1.54, 1.807) is 18.2 Å². The minimum Gasteiger partial charge on any atom is -0.478 e. The Kier molecular flexibility index (Phi) is 2.56. The van der Waals surface area contributed by atoms with E-state index in [-0.39, 0.29) is 16.6 Å². The molecule has 1 aliphatic heterocycles. The van der Waals surface area contributed by atoms with E-state index < -0.39 is 11.4 Å². The molecule has 2 aliphatic rings. The Balaban J connectivity index is 1.86. The molecule has 0 radical (unpaired) electrons. The summed E-state index contributed by atoms with van der Waals surface area (Å²) in [5.74, 6) is -0.712. The number of carbonyl (C=O) groups is 2. The van der Waals surface area contributed by atoms with Gasteiger partial charge in [-0.25, -0.2) is 14.8 Å². The van der Waals surface area contributed by atoms with Crippen molar-refractivity contribution in [2.45, 2.75) is 18.3 Å². The zero-order valence-corrected chi connectivity index (χ0v) is 12.0. The van der Waals surface area contributed by atoms with Crippen LogP contribution in [-0.2, 0) is 23.1 Å². The molecule has 1 aliphatic carbocycles. The Hall–Kier alpha value is -2.47. The molecule has 0 saturated carbocycles. The van der Waals surface area contributed by atoms with Gasteiger partial charge < -0.3 is 10.4 Å². The van der Waals surface area contributed by atoms with Crippen molar-refractivity contribution in [3.63, 3.8) is 0 Å². The highest BCUT2D eigenvalue weighted by Gasteiger charge is 2.52. The highest BCUT2D eigenvalue weighted by atomic mass is 35.5. The Morgan fingerprint density at radius 1 is 1.27 bits per heavy atom. The van der Waals surface area contributed by atoms with Crippen molar-refractivity contribution in [2.24, 2.45) is 0 Å². The van der Waals surface area contributed by atoms with E-state index in [9.17, 15) is 9.59 Å². The van der Waals surface area contributed by atoms with Gasteiger partial charge >= 0.3 is 5.97 Å². The first-order valence-electron chi connectivity index (χ1n) is 6.69. The molecule has 2 N–H and O–H groups in total. The maximum atomic E-state index is 12.5. The van der Waals surface area contributed by atoms with Gasteiger partial charge in [0.25, 0.3) is 0 Å². The van der Waals surface area contributed by atoms with Gasteiger partial charge in [-0.1, -0.05) is 17.7 Å². The van der Waals surface area contributed by atoms with Crippen molar-refractivity contribution in [2.75, 3.05) is 5.32 Å². The molecule has 1 aromatic carbocycles. The molecule has 22 heavy (non-hydrogen) atoms. The van der Waals surface area contributed by atoms with Crippen molar-refractivity contribution in [1.82, 2.24) is 9.97 Å². The molecular weight excluding hydrogens is 306 g/mol. The molecule has 4 rings (SSSR count). The van der Waals surface area contributed by atoms with Crippen LogP contribution in [0.5, 0.6) is 0 Å². The number of nitrogens with zero attached hydrogens (tertiary/aromatic N) is 2. The number of aromatic nitrogens is 2. The number of benzene rings is 1. The van der Waals surface area contributed by atoms with E-state index in [0.717, 1.165) is 11.1 Å². The van der Waals surface area contributed by atoms with Crippen LogP contribution in [0.15, 0.2) is 24.5 Å². The standard InChI is InChI=1S/C15H10ClN3O3/c16-11-10-12(18-6-17-11)19-14(22)15(10)4-8-2-1-7(13(20)21)3-9(8)5-15/h1-3,6H,4-5H2,(H,20,21)(H,17,18,19,22)/t15-/m1/s1. The number of nitrogens with one attached hydrogen (secondary N) is 1. The smallest absolute Gasteiger partial charge is 0.335 e. The fourth-order valence-corrected chi connectivity index (χ4v) is 3.68. The lowest BCUT2D eigenvalue weighted by molar-refractivity contribution is -0.120. The van der Waals surface area contributed by atoms with Crippen LogP contribution in [0.1, 0.15) is 27.0 Å². The lowest BCUT2D eigenvalue weighted by Crippen LogP contribution is -2.35. The highest BCUT2D eigenvalue weighted by Crippen LogP contribution is 2.48. The Labute approximate surface area is 130 Å². The molecule has 0 bridgehead atoms. The van der Waals surface area contributed by atoms with Crippen molar-refractivity contribution < 1.29 is 14.7 Å². The van der Waals surface area contributed by atoms with Gasteiger partial charge in [-0.15, -0.1) is 0 Å². The molecule has 1 spiro atoms. The van der Waals surface area contributed by atoms with Crippen molar-refractivity contribution in [3.8, 4) is 0 Å². The third kappa shape index (κ3) is 1.61. The van der Waals surface area contributed by atoms with E-state index >= 15 is 0 Å². The summed E-state index contributed by atoms with van der Waals surface area (Å²) in [6, 6.07) is 4.93. The number of carboxylic acid groups (broad SMARTS) is 1. The second-order valence-electron chi connectivity index (χ2n) is 5.57. The van der Waals surface area contributed by atoms with E-state index in [1.807, 2.05) is 0 Å². The number of hydrogen-bond donors (Lipinski definition) is 2. The van der Waals surface area contributed by atoms with Crippen molar-refractivity contribution in [3.05, 3.63) is 51.9 Å². The summed E-state index contributed by atoms with van der Waals surface area (Å²) in [5.41, 5.74) is 1.78. The quantitative estimate of drug-likeness (QED) is 0.783. The SMILES string of the molecule is O=C(O)c1ccc2c(c1)C[C@@]1(C2)C(=O)Nc2ncnc(Cl)c21. The monoisotopic (exact) mass is 315 g/mol. The highest BCUT2D eigenvalue weighted by molar-refractivity contribution is 6.31. The van der Waals surface area contributed by atoms with Gasteiger partial charge in [0.2, 0.25) is 5.91 Å². The average molecular weight is 316 g/mol. The minimum absolute atomic E-state index is 0.169. The van der Waals surface area contributed by atoms with Gasteiger partial charge in [0, 0.05) is 5.56 Å². The average Bonchev–Trinajstić information content (AvgIpc) is 2.98. The molecular formula is C15H10ClN3O3. The Morgan fingerprint density at radius 2 is 2.05 bits per heavy atom. The van der Waals surface area contributed by atoms with Gasteiger partial charge in [-0.05, 0) is 36.1 Å². The molecule has 2 aromatic rings. The first-order chi connectivity index (χ1) is 10.5. The predicted molar refractivity (Wildman–Crippen MR) is 78.2 cm³/mol. The first-order valence-corrected chi connectivity index (χ1v) is 7.06. The first kappa shape index (κ1) is 13.2. The summed E-state index contributed by atoms with van der Waals surface area (Å²) >= 11 is 6.19. The predicted octanol–water partition coefficient (Wildman–Crippen LogP) is 1.82. The summed E-state index contributed by atoms with van der Waals surface area (Å²) in [5, 5.41) is 12.1. The van der Waals surface area contributed by atoms with Crippen LogP contribution in [0.25, 0.3) is 0 Å². The third-order valence-corrected chi connectivity index (χ3v) is 4.67.